The number of hydrogen-bond donors (Lipinski definition) is 1. The summed E-state index contributed by atoms with van der Waals surface area (Å²) in [5, 5.41) is 2.87. The third kappa shape index (κ3) is 5.39. The fourth-order valence-corrected chi connectivity index (χ4v) is 4.50. The van der Waals surface area contributed by atoms with Gasteiger partial charge in [0, 0.05) is 50.7 Å². The molecule has 2 fully saturated rings. The maximum atomic E-state index is 13.3. The lowest BCUT2D eigenvalue weighted by Gasteiger charge is -2.37. The summed E-state index contributed by atoms with van der Waals surface area (Å²) < 4.78 is 5.14. The number of rotatable bonds is 5. The van der Waals surface area contributed by atoms with Crippen LogP contribution in [0.4, 0.5) is 5.69 Å². The van der Waals surface area contributed by atoms with Gasteiger partial charge in [-0.2, -0.15) is 0 Å². The maximum absolute atomic E-state index is 13.3. The molecule has 180 valence electrons. The minimum atomic E-state index is -0.292. The van der Waals surface area contributed by atoms with Crippen LogP contribution in [0.25, 0.3) is 0 Å². The Bertz CT molecular complexity index is 1020. The molecule has 8 heteroatoms. The van der Waals surface area contributed by atoms with Crippen molar-refractivity contribution in [3.63, 3.8) is 0 Å². The smallest absolute Gasteiger partial charge is 0.255 e. The molecule has 0 spiro atoms. The highest BCUT2D eigenvalue weighted by Gasteiger charge is 2.32. The summed E-state index contributed by atoms with van der Waals surface area (Å²) in [5.41, 5.74) is 1.41. The van der Waals surface area contributed by atoms with Crippen LogP contribution >= 0.6 is 0 Å². The first kappa shape index (κ1) is 23.8. The van der Waals surface area contributed by atoms with Crippen molar-refractivity contribution in [3.05, 3.63) is 59.7 Å². The number of benzene rings is 2. The second-order valence-corrected chi connectivity index (χ2v) is 8.92. The second-order valence-electron chi connectivity index (χ2n) is 8.92. The number of anilines is 1. The highest BCUT2D eigenvalue weighted by molar-refractivity contribution is 6.09. The molecule has 2 aromatic rings. The van der Waals surface area contributed by atoms with E-state index in [2.05, 4.69) is 17.3 Å². The average Bonchev–Trinajstić information content (AvgIpc) is 2.89. The van der Waals surface area contributed by atoms with Crippen LogP contribution in [0.2, 0.25) is 0 Å². The van der Waals surface area contributed by atoms with Crippen molar-refractivity contribution in [2.75, 3.05) is 58.7 Å². The van der Waals surface area contributed by atoms with Gasteiger partial charge in [-0.1, -0.05) is 12.1 Å². The number of para-hydroxylation sites is 1. The van der Waals surface area contributed by atoms with E-state index in [-0.39, 0.29) is 23.6 Å². The predicted octanol–water partition coefficient (Wildman–Crippen LogP) is 2.57. The third-order valence-corrected chi connectivity index (χ3v) is 6.70. The van der Waals surface area contributed by atoms with E-state index in [4.69, 9.17) is 4.74 Å². The second kappa shape index (κ2) is 10.7. The van der Waals surface area contributed by atoms with E-state index in [0.717, 1.165) is 26.2 Å². The van der Waals surface area contributed by atoms with E-state index in [9.17, 15) is 14.4 Å². The summed E-state index contributed by atoms with van der Waals surface area (Å²) in [6.07, 6.45) is 1.33. The van der Waals surface area contributed by atoms with Gasteiger partial charge < -0.3 is 24.8 Å². The van der Waals surface area contributed by atoms with Crippen LogP contribution in [0.5, 0.6) is 5.75 Å². The highest BCUT2D eigenvalue weighted by Crippen LogP contribution is 2.25. The quantitative estimate of drug-likeness (QED) is 0.736. The molecule has 2 aromatic carbocycles. The topological polar surface area (TPSA) is 82.2 Å². The van der Waals surface area contributed by atoms with Crippen LogP contribution in [0.3, 0.4) is 0 Å². The van der Waals surface area contributed by atoms with Gasteiger partial charge in [0.05, 0.1) is 18.4 Å². The Labute approximate surface area is 200 Å². The number of amides is 3. The fourth-order valence-electron chi connectivity index (χ4n) is 4.50. The van der Waals surface area contributed by atoms with E-state index in [1.807, 2.05) is 4.90 Å². The molecular formula is C26H32N4O4. The number of carbonyl (C=O) groups is 3. The third-order valence-electron chi connectivity index (χ3n) is 6.70. The lowest BCUT2D eigenvalue weighted by atomic mass is 9.94. The van der Waals surface area contributed by atoms with E-state index >= 15 is 0 Å². The Morgan fingerprint density at radius 3 is 2.15 bits per heavy atom. The molecule has 0 aromatic heterocycles. The van der Waals surface area contributed by atoms with Gasteiger partial charge in [0.15, 0.2) is 0 Å². The van der Waals surface area contributed by atoms with Gasteiger partial charge in [-0.3, -0.25) is 14.4 Å². The van der Waals surface area contributed by atoms with E-state index in [1.54, 1.807) is 60.5 Å². The van der Waals surface area contributed by atoms with Crippen molar-refractivity contribution in [2.45, 2.75) is 12.8 Å². The van der Waals surface area contributed by atoms with Gasteiger partial charge in [-0.15, -0.1) is 0 Å². The number of methoxy groups -OCH3 is 1. The molecule has 34 heavy (non-hydrogen) atoms. The molecular weight excluding hydrogens is 432 g/mol. The van der Waals surface area contributed by atoms with Gasteiger partial charge in [-0.25, -0.2) is 0 Å². The van der Waals surface area contributed by atoms with Crippen molar-refractivity contribution in [2.24, 2.45) is 5.92 Å². The van der Waals surface area contributed by atoms with Crippen LogP contribution in [-0.4, -0.2) is 85.8 Å². The number of carbonyl (C=O) groups excluding carboxylic acids is 3. The Hall–Kier alpha value is -3.39. The first-order valence-corrected chi connectivity index (χ1v) is 11.8. The molecule has 3 amide bonds. The molecule has 2 aliphatic heterocycles. The van der Waals surface area contributed by atoms with Crippen LogP contribution < -0.4 is 10.1 Å². The number of ether oxygens (including phenoxy) is 1. The molecule has 0 atom stereocenters. The Kier molecular flexibility index (Phi) is 7.47. The number of piperazine rings is 1. The molecule has 0 unspecified atom stereocenters. The molecule has 0 radical (unpaired) electrons. The maximum Gasteiger partial charge on any atom is 0.255 e. The molecule has 0 bridgehead atoms. The molecule has 0 saturated carbocycles. The number of likely N-dealkylation sites (tertiary alicyclic amines) is 1. The monoisotopic (exact) mass is 464 g/mol. The molecule has 1 N–H and O–H groups in total. The normalized spacial score (nSPS) is 17.4. The SMILES string of the molecule is COc1ccc(C(=O)Nc2ccccc2C(=O)N2CCC(C(=O)N3CCN(C)CC3)CC2)cc1. The van der Waals surface area contributed by atoms with Crippen molar-refractivity contribution in [1.82, 2.24) is 14.7 Å². The van der Waals surface area contributed by atoms with Crippen LogP contribution in [0.1, 0.15) is 33.6 Å². The van der Waals surface area contributed by atoms with Gasteiger partial charge in [0.25, 0.3) is 11.8 Å². The lowest BCUT2D eigenvalue weighted by Crippen LogP contribution is -2.51. The molecule has 8 nitrogen and oxygen atoms in total. The molecule has 2 heterocycles. The fraction of sp³-hybridized carbons (Fsp3) is 0.423. The minimum absolute atomic E-state index is 0.0301. The Morgan fingerprint density at radius 2 is 1.50 bits per heavy atom. The summed E-state index contributed by atoms with van der Waals surface area (Å²) in [6, 6.07) is 13.9. The predicted molar refractivity (Wildman–Crippen MR) is 130 cm³/mol. The largest absolute Gasteiger partial charge is 0.497 e. The highest BCUT2D eigenvalue weighted by atomic mass is 16.5. The molecule has 4 rings (SSSR count). The first-order valence-electron chi connectivity index (χ1n) is 11.8. The van der Waals surface area contributed by atoms with Gasteiger partial charge in [-0.05, 0) is 56.3 Å². The zero-order valence-electron chi connectivity index (χ0n) is 19.8. The molecule has 2 aliphatic rings. The first-order chi connectivity index (χ1) is 16.5. The van der Waals surface area contributed by atoms with Gasteiger partial charge in [0.1, 0.15) is 5.75 Å². The Morgan fingerprint density at radius 1 is 0.853 bits per heavy atom. The number of piperidine rings is 1. The summed E-state index contributed by atoms with van der Waals surface area (Å²) in [4.78, 5) is 44.9. The summed E-state index contributed by atoms with van der Waals surface area (Å²) in [7, 11) is 3.64. The summed E-state index contributed by atoms with van der Waals surface area (Å²) >= 11 is 0. The number of nitrogens with one attached hydrogen (secondary N) is 1. The number of hydrogen-bond acceptors (Lipinski definition) is 5. The van der Waals surface area contributed by atoms with Crippen molar-refractivity contribution >= 4 is 23.4 Å². The van der Waals surface area contributed by atoms with Gasteiger partial charge in [0.2, 0.25) is 5.91 Å². The Balaban J connectivity index is 1.37. The standard InChI is InChI=1S/C26H32N4O4/c1-28-15-17-30(18-16-28)25(32)20-11-13-29(14-12-20)26(33)22-5-3-4-6-23(22)27-24(31)19-7-9-21(34-2)10-8-19/h3-10,20H,11-18H2,1-2H3,(H,27,31). The van der Waals surface area contributed by atoms with E-state index in [0.29, 0.717) is 48.5 Å². The summed E-state index contributed by atoms with van der Waals surface area (Å²) in [5.74, 6) is 0.432. The van der Waals surface area contributed by atoms with Crippen molar-refractivity contribution in [1.29, 1.82) is 0 Å². The van der Waals surface area contributed by atoms with Crippen LogP contribution in [0, 0.1) is 5.92 Å². The molecule has 2 saturated heterocycles. The van der Waals surface area contributed by atoms with Gasteiger partial charge >= 0.3 is 0 Å². The van der Waals surface area contributed by atoms with Crippen molar-refractivity contribution < 1.29 is 19.1 Å². The summed E-state index contributed by atoms with van der Waals surface area (Å²) in [6.45, 7) is 4.42. The van der Waals surface area contributed by atoms with Crippen molar-refractivity contribution in [3.8, 4) is 5.75 Å². The average molecular weight is 465 g/mol. The molecule has 0 aliphatic carbocycles. The van der Waals surface area contributed by atoms with E-state index in [1.165, 1.54) is 0 Å². The van der Waals surface area contributed by atoms with Crippen LogP contribution in [-0.2, 0) is 4.79 Å². The number of likely N-dealkylation sites (N-methyl/N-ethyl adjacent to an activating group) is 1. The zero-order valence-corrected chi connectivity index (χ0v) is 19.8. The zero-order chi connectivity index (χ0) is 24.1. The number of nitrogens with zero attached hydrogens (tertiary/aromatic N) is 3. The van der Waals surface area contributed by atoms with Crippen LogP contribution in [0.15, 0.2) is 48.5 Å². The minimum Gasteiger partial charge on any atom is -0.497 e. The lowest BCUT2D eigenvalue weighted by molar-refractivity contribution is -0.138. The van der Waals surface area contributed by atoms with E-state index < -0.39 is 0 Å².